The Labute approximate surface area is 113 Å². The largest absolute Gasteiger partial charge is 0.496 e. The fourth-order valence-electron chi connectivity index (χ4n) is 2.73. The molecule has 0 saturated carbocycles. The van der Waals surface area contributed by atoms with Crippen LogP contribution in [0.4, 0.5) is 0 Å². The number of benzene rings is 1. The second-order valence-electron chi connectivity index (χ2n) is 4.95. The van der Waals surface area contributed by atoms with Crippen molar-refractivity contribution in [1.82, 2.24) is 14.9 Å². The SMILES string of the molecule is COc1ccccc1Cn1cncc1C1CCNC1. The van der Waals surface area contributed by atoms with E-state index in [0.29, 0.717) is 5.92 Å². The number of aromatic nitrogens is 2. The highest BCUT2D eigenvalue weighted by atomic mass is 16.5. The number of methoxy groups -OCH3 is 1. The van der Waals surface area contributed by atoms with Gasteiger partial charge in [0.15, 0.2) is 0 Å². The van der Waals surface area contributed by atoms with Gasteiger partial charge in [-0.15, -0.1) is 0 Å². The van der Waals surface area contributed by atoms with Gasteiger partial charge in [0.25, 0.3) is 0 Å². The fourth-order valence-corrected chi connectivity index (χ4v) is 2.73. The molecule has 1 aliphatic rings. The number of imidazole rings is 1. The third kappa shape index (κ3) is 2.49. The number of ether oxygens (including phenoxy) is 1. The molecule has 3 rings (SSSR count). The van der Waals surface area contributed by atoms with E-state index in [1.54, 1.807) is 7.11 Å². The average Bonchev–Trinajstić information content (AvgIpc) is 3.09. The van der Waals surface area contributed by atoms with Gasteiger partial charge in [-0.3, -0.25) is 0 Å². The van der Waals surface area contributed by atoms with E-state index >= 15 is 0 Å². The molecule has 0 amide bonds. The maximum Gasteiger partial charge on any atom is 0.123 e. The standard InChI is InChI=1S/C15H19N3O/c1-19-15-5-3-2-4-13(15)10-18-11-17-9-14(18)12-6-7-16-8-12/h2-5,9,11-12,16H,6-8,10H2,1H3. The number of para-hydroxylation sites is 1. The number of hydrogen-bond donors (Lipinski definition) is 1. The number of rotatable bonds is 4. The van der Waals surface area contributed by atoms with Gasteiger partial charge >= 0.3 is 0 Å². The first-order valence-electron chi connectivity index (χ1n) is 6.71. The normalized spacial score (nSPS) is 18.7. The highest BCUT2D eigenvalue weighted by molar-refractivity contribution is 5.33. The summed E-state index contributed by atoms with van der Waals surface area (Å²) in [6.07, 6.45) is 5.10. The first-order chi connectivity index (χ1) is 9.38. The fraction of sp³-hybridized carbons (Fsp3) is 0.400. The van der Waals surface area contributed by atoms with E-state index in [9.17, 15) is 0 Å². The molecule has 1 unspecified atom stereocenters. The molecule has 1 N–H and O–H groups in total. The van der Waals surface area contributed by atoms with Crippen LogP contribution in [0.5, 0.6) is 5.75 Å². The second kappa shape index (κ2) is 5.45. The lowest BCUT2D eigenvalue weighted by Crippen LogP contribution is -2.12. The topological polar surface area (TPSA) is 39.1 Å². The molecule has 0 radical (unpaired) electrons. The molecule has 1 aromatic carbocycles. The van der Waals surface area contributed by atoms with Gasteiger partial charge in [-0.25, -0.2) is 4.98 Å². The van der Waals surface area contributed by atoms with Crippen LogP contribution in [0.1, 0.15) is 23.6 Å². The van der Waals surface area contributed by atoms with Crippen molar-refractivity contribution in [3.8, 4) is 5.75 Å². The summed E-state index contributed by atoms with van der Waals surface area (Å²) in [6.45, 7) is 2.97. The zero-order chi connectivity index (χ0) is 13.1. The van der Waals surface area contributed by atoms with Crippen molar-refractivity contribution in [3.05, 3.63) is 48.0 Å². The minimum absolute atomic E-state index is 0.581. The molecule has 0 aliphatic carbocycles. The molecular weight excluding hydrogens is 238 g/mol. The lowest BCUT2D eigenvalue weighted by molar-refractivity contribution is 0.408. The van der Waals surface area contributed by atoms with Crippen molar-refractivity contribution in [2.45, 2.75) is 18.9 Å². The smallest absolute Gasteiger partial charge is 0.123 e. The zero-order valence-electron chi connectivity index (χ0n) is 11.2. The minimum atomic E-state index is 0.581. The maximum atomic E-state index is 5.41. The molecule has 0 bridgehead atoms. The van der Waals surface area contributed by atoms with Crippen LogP contribution in [0.25, 0.3) is 0 Å². The van der Waals surface area contributed by atoms with Crippen molar-refractivity contribution >= 4 is 0 Å². The summed E-state index contributed by atoms with van der Waals surface area (Å²) >= 11 is 0. The van der Waals surface area contributed by atoms with Gasteiger partial charge < -0.3 is 14.6 Å². The van der Waals surface area contributed by atoms with E-state index in [4.69, 9.17) is 4.74 Å². The van der Waals surface area contributed by atoms with E-state index in [2.05, 4.69) is 20.9 Å². The van der Waals surface area contributed by atoms with Gasteiger partial charge in [-0.2, -0.15) is 0 Å². The Morgan fingerprint density at radius 2 is 2.32 bits per heavy atom. The predicted molar refractivity (Wildman–Crippen MR) is 74.6 cm³/mol. The summed E-state index contributed by atoms with van der Waals surface area (Å²) in [5, 5.41) is 3.41. The van der Waals surface area contributed by atoms with E-state index in [1.165, 1.54) is 17.7 Å². The molecule has 1 atom stereocenters. The lowest BCUT2D eigenvalue weighted by Gasteiger charge is -2.14. The third-order valence-corrected chi connectivity index (χ3v) is 3.76. The maximum absolute atomic E-state index is 5.41. The van der Waals surface area contributed by atoms with Crippen LogP contribution >= 0.6 is 0 Å². The molecule has 4 nitrogen and oxygen atoms in total. The highest BCUT2D eigenvalue weighted by Gasteiger charge is 2.20. The van der Waals surface area contributed by atoms with E-state index in [0.717, 1.165) is 25.4 Å². The van der Waals surface area contributed by atoms with Gasteiger partial charge in [-0.05, 0) is 19.0 Å². The quantitative estimate of drug-likeness (QED) is 0.910. The summed E-state index contributed by atoms with van der Waals surface area (Å²) < 4.78 is 7.65. The van der Waals surface area contributed by atoms with E-state index in [-0.39, 0.29) is 0 Å². The Hall–Kier alpha value is -1.81. The third-order valence-electron chi connectivity index (χ3n) is 3.76. The summed E-state index contributed by atoms with van der Waals surface area (Å²) in [6, 6.07) is 8.15. The van der Waals surface area contributed by atoms with Crippen LogP contribution in [0.3, 0.4) is 0 Å². The van der Waals surface area contributed by atoms with Crippen molar-refractivity contribution < 1.29 is 4.74 Å². The van der Waals surface area contributed by atoms with E-state index in [1.807, 2.05) is 30.7 Å². The molecule has 0 spiro atoms. The summed E-state index contributed by atoms with van der Waals surface area (Å²) in [7, 11) is 1.72. The number of nitrogens with one attached hydrogen (secondary N) is 1. The Balaban J connectivity index is 1.85. The second-order valence-corrected chi connectivity index (χ2v) is 4.95. The molecule has 1 aromatic heterocycles. The minimum Gasteiger partial charge on any atom is -0.496 e. The molecule has 19 heavy (non-hydrogen) atoms. The highest BCUT2D eigenvalue weighted by Crippen LogP contribution is 2.24. The summed E-state index contributed by atoms with van der Waals surface area (Å²) in [4.78, 5) is 4.31. The number of hydrogen-bond acceptors (Lipinski definition) is 3. The molecule has 2 heterocycles. The van der Waals surface area contributed by atoms with Crippen LogP contribution in [0, 0.1) is 0 Å². The molecule has 1 fully saturated rings. The van der Waals surface area contributed by atoms with Gasteiger partial charge in [-0.1, -0.05) is 18.2 Å². The van der Waals surface area contributed by atoms with Gasteiger partial charge in [0, 0.05) is 29.9 Å². The lowest BCUT2D eigenvalue weighted by atomic mass is 10.1. The zero-order valence-corrected chi connectivity index (χ0v) is 11.2. The van der Waals surface area contributed by atoms with Crippen molar-refractivity contribution in [1.29, 1.82) is 0 Å². The molecule has 4 heteroatoms. The van der Waals surface area contributed by atoms with Gasteiger partial charge in [0.2, 0.25) is 0 Å². The monoisotopic (exact) mass is 257 g/mol. The average molecular weight is 257 g/mol. The van der Waals surface area contributed by atoms with Crippen molar-refractivity contribution in [2.24, 2.45) is 0 Å². The van der Waals surface area contributed by atoms with Crippen LogP contribution < -0.4 is 10.1 Å². The van der Waals surface area contributed by atoms with Crippen LogP contribution in [-0.4, -0.2) is 29.8 Å². The predicted octanol–water partition coefficient (Wildman–Crippen LogP) is 2.02. The van der Waals surface area contributed by atoms with Crippen LogP contribution in [-0.2, 0) is 6.54 Å². The molecule has 1 aliphatic heterocycles. The Bertz CT molecular complexity index is 544. The van der Waals surface area contributed by atoms with Crippen LogP contribution in [0.15, 0.2) is 36.8 Å². The number of nitrogens with zero attached hydrogens (tertiary/aromatic N) is 2. The molecular formula is C15H19N3O. The molecule has 2 aromatic rings. The van der Waals surface area contributed by atoms with Gasteiger partial charge in [0.05, 0.1) is 20.0 Å². The van der Waals surface area contributed by atoms with Crippen molar-refractivity contribution in [3.63, 3.8) is 0 Å². The summed E-state index contributed by atoms with van der Waals surface area (Å²) in [5.41, 5.74) is 2.51. The first-order valence-corrected chi connectivity index (χ1v) is 6.71. The van der Waals surface area contributed by atoms with Gasteiger partial charge in [0.1, 0.15) is 5.75 Å². The Morgan fingerprint density at radius 1 is 1.42 bits per heavy atom. The Kier molecular flexibility index (Phi) is 3.51. The van der Waals surface area contributed by atoms with Crippen LogP contribution in [0.2, 0.25) is 0 Å². The van der Waals surface area contributed by atoms with Crippen molar-refractivity contribution in [2.75, 3.05) is 20.2 Å². The Morgan fingerprint density at radius 3 is 3.11 bits per heavy atom. The molecule has 100 valence electrons. The summed E-state index contributed by atoms with van der Waals surface area (Å²) in [5.74, 6) is 1.52. The first kappa shape index (κ1) is 12.2. The van der Waals surface area contributed by atoms with E-state index < -0.39 is 0 Å². The molecule has 1 saturated heterocycles.